The van der Waals surface area contributed by atoms with Crippen LogP contribution in [0.1, 0.15) is 19.3 Å². The van der Waals surface area contributed by atoms with Crippen LogP contribution in [0.25, 0.3) is 5.65 Å². The van der Waals surface area contributed by atoms with Crippen LogP contribution < -0.4 is 5.69 Å². The van der Waals surface area contributed by atoms with E-state index >= 15 is 0 Å². The Morgan fingerprint density at radius 2 is 2.29 bits per heavy atom. The fourth-order valence-corrected chi connectivity index (χ4v) is 3.05. The van der Waals surface area contributed by atoms with E-state index in [0.29, 0.717) is 12.2 Å². The Kier molecular flexibility index (Phi) is 2.54. The van der Waals surface area contributed by atoms with Gasteiger partial charge in [-0.3, -0.25) is 4.98 Å². The molecule has 1 saturated carbocycles. The normalized spacial score (nSPS) is 18.2. The molecule has 0 amide bonds. The molecule has 0 aliphatic heterocycles. The van der Waals surface area contributed by atoms with Gasteiger partial charge in [-0.25, -0.2) is 13.9 Å². The first kappa shape index (κ1) is 11.0. The number of nitrogens with zero attached hydrogens (tertiary/aromatic N) is 4. The van der Waals surface area contributed by atoms with Gasteiger partial charge in [0.25, 0.3) is 0 Å². The molecule has 2 aromatic heterocycles. The number of alkyl halides is 1. The molecule has 0 unspecified atom stereocenters. The van der Waals surface area contributed by atoms with Crippen LogP contribution in [0.4, 0.5) is 0 Å². The second-order valence-corrected chi connectivity index (χ2v) is 5.29. The Balaban J connectivity index is 2.01. The Morgan fingerprint density at radius 1 is 1.47 bits per heavy atom. The highest BCUT2D eigenvalue weighted by atomic mass is 79.9. The van der Waals surface area contributed by atoms with Crippen molar-refractivity contribution in [3.8, 4) is 0 Å². The zero-order valence-corrected chi connectivity index (χ0v) is 10.9. The standard InChI is InChI=1S/C11H13BrN4O/c12-7-11(2-1-3-11)8-16-10(17)15-5-4-13-6-9(15)14-16/h4-6H,1-3,7-8H2. The summed E-state index contributed by atoms with van der Waals surface area (Å²) in [6.07, 6.45) is 8.44. The fraction of sp³-hybridized carbons (Fsp3) is 0.545. The Hall–Kier alpha value is -1.17. The minimum Gasteiger partial charge on any atom is -0.259 e. The highest BCUT2D eigenvalue weighted by Crippen LogP contribution is 2.43. The molecule has 0 atom stereocenters. The average molecular weight is 297 g/mol. The quantitative estimate of drug-likeness (QED) is 0.806. The molecule has 0 saturated heterocycles. The zero-order chi connectivity index (χ0) is 11.9. The van der Waals surface area contributed by atoms with Gasteiger partial charge in [0.2, 0.25) is 0 Å². The Morgan fingerprint density at radius 3 is 2.88 bits per heavy atom. The summed E-state index contributed by atoms with van der Waals surface area (Å²) in [4.78, 5) is 16.1. The molecule has 1 aliphatic carbocycles. The van der Waals surface area contributed by atoms with E-state index in [1.165, 1.54) is 10.8 Å². The molecule has 17 heavy (non-hydrogen) atoms. The van der Waals surface area contributed by atoms with E-state index in [4.69, 9.17) is 0 Å². The predicted molar refractivity (Wildman–Crippen MR) is 67.3 cm³/mol. The van der Waals surface area contributed by atoms with Crippen LogP contribution in [-0.4, -0.2) is 24.5 Å². The van der Waals surface area contributed by atoms with E-state index in [-0.39, 0.29) is 11.1 Å². The van der Waals surface area contributed by atoms with Crippen molar-refractivity contribution in [2.75, 3.05) is 5.33 Å². The second-order valence-electron chi connectivity index (χ2n) is 4.73. The number of aromatic nitrogens is 4. The van der Waals surface area contributed by atoms with E-state index < -0.39 is 0 Å². The summed E-state index contributed by atoms with van der Waals surface area (Å²) in [5.74, 6) is 0. The van der Waals surface area contributed by atoms with Gasteiger partial charge in [-0.05, 0) is 18.3 Å². The molecule has 0 radical (unpaired) electrons. The number of rotatable bonds is 3. The zero-order valence-electron chi connectivity index (χ0n) is 9.34. The lowest BCUT2D eigenvalue weighted by Crippen LogP contribution is -2.39. The van der Waals surface area contributed by atoms with Crippen LogP contribution in [0, 0.1) is 5.41 Å². The molecule has 0 aromatic carbocycles. The van der Waals surface area contributed by atoms with Crippen molar-refractivity contribution in [2.45, 2.75) is 25.8 Å². The molecule has 1 fully saturated rings. The molecule has 2 heterocycles. The van der Waals surface area contributed by atoms with Crippen LogP contribution in [0.3, 0.4) is 0 Å². The van der Waals surface area contributed by atoms with Crippen molar-refractivity contribution >= 4 is 21.6 Å². The van der Waals surface area contributed by atoms with Gasteiger partial charge in [-0.2, -0.15) is 0 Å². The van der Waals surface area contributed by atoms with E-state index in [1.807, 2.05) is 0 Å². The molecule has 0 bridgehead atoms. The third-order valence-corrected chi connectivity index (χ3v) is 4.76. The largest absolute Gasteiger partial charge is 0.350 e. The van der Waals surface area contributed by atoms with E-state index in [0.717, 1.165) is 18.2 Å². The molecular formula is C11H13BrN4O. The van der Waals surface area contributed by atoms with Crippen LogP contribution in [-0.2, 0) is 6.54 Å². The molecule has 3 rings (SSSR count). The highest BCUT2D eigenvalue weighted by molar-refractivity contribution is 9.09. The lowest BCUT2D eigenvalue weighted by atomic mass is 9.70. The van der Waals surface area contributed by atoms with Crippen LogP contribution in [0.2, 0.25) is 0 Å². The first-order chi connectivity index (χ1) is 8.24. The maximum atomic E-state index is 12.1. The van der Waals surface area contributed by atoms with Crippen LogP contribution in [0.5, 0.6) is 0 Å². The van der Waals surface area contributed by atoms with Gasteiger partial charge in [0, 0.05) is 17.7 Å². The Bertz CT molecular complexity index is 593. The van der Waals surface area contributed by atoms with Gasteiger partial charge in [0.15, 0.2) is 5.65 Å². The molecule has 0 spiro atoms. The SMILES string of the molecule is O=c1n(CC2(CBr)CCC2)nc2cnccn12. The fourth-order valence-electron chi connectivity index (χ4n) is 2.31. The lowest BCUT2D eigenvalue weighted by Gasteiger charge is -2.39. The Labute approximate surface area is 107 Å². The summed E-state index contributed by atoms with van der Waals surface area (Å²) in [5.41, 5.74) is 0.756. The predicted octanol–water partition coefficient (Wildman–Crippen LogP) is 1.46. The number of hydrogen-bond acceptors (Lipinski definition) is 3. The van der Waals surface area contributed by atoms with Gasteiger partial charge in [0.1, 0.15) is 0 Å². The van der Waals surface area contributed by atoms with Crippen molar-refractivity contribution in [1.29, 1.82) is 0 Å². The average Bonchev–Trinajstić information content (AvgIpc) is 2.62. The molecule has 2 aromatic rings. The van der Waals surface area contributed by atoms with Crippen molar-refractivity contribution in [2.24, 2.45) is 5.41 Å². The summed E-state index contributed by atoms with van der Waals surface area (Å²) in [6.45, 7) is 0.693. The third-order valence-electron chi connectivity index (χ3n) is 3.57. The number of hydrogen-bond donors (Lipinski definition) is 0. The van der Waals surface area contributed by atoms with Gasteiger partial charge in [-0.15, -0.1) is 5.10 Å². The highest BCUT2D eigenvalue weighted by Gasteiger charge is 2.37. The van der Waals surface area contributed by atoms with Gasteiger partial charge >= 0.3 is 5.69 Å². The van der Waals surface area contributed by atoms with Crippen LogP contribution >= 0.6 is 15.9 Å². The minimum absolute atomic E-state index is 0.0744. The third kappa shape index (κ3) is 1.71. The summed E-state index contributed by atoms with van der Waals surface area (Å²) in [5, 5.41) is 5.24. The first-order valence-electron chi connectivity index (χ1n) is 5.69. The molecule has 90 valence electrons. The second kappa shape index (κ2) is 3.94. The molecule has 6 heteroatoms. The van der Waals surface area contributed by atoms with E-state index in [1.54, 1.807) is 23.3 Å². The van der Waals surface area contributed by atoms with Crippen molar-refractivity contribution in [1.82, 2.24) is 19.2 Å². The minimum atomic E-state index is -0.0744. The van der Waals surface area contributed by atoms with Crippen molar-refractivity contribution in [3.63, 3.8) is 0 Å². The van der Waals surface area contributed by atoms with Gasteiger partial charge in [-0.1, -0.05) is 22.4 Å². The summed E-state index contributed by atoms with van der Waals surface area (Å²) < 4.78 is 3.10. The molecule has 0 N–H and O–H groups in total. The number of fused-ring (bicyclic) bond motifs is 1. The molecule has 5 nitrogen and oxygen atoms in total. The van der Waals surface area contributed by atoms with Crippen LogP contribution in [0.15, 0.2) is 23.4 Å². The summed E-state index contributed by atoms with van der Waals surface area (Å²) in [7, 11) is 0. The first-order valence-corrected chi connectivity index (χ1v) is 6.81. The maximum Gasteiger partial charge on any atom is 0.350 e. The maximum absolute atomic E-state index is 12.1. The lowest BCUT2D eigenvalue weighted by molar-refractivity contribution is 0.132. The summed E-state index contributed by atoms with van der Waals surface area (Å²) in [6, 6.07) is 0. The number of halogens is 1. The van der Waals surface area contributed by atoms with E-state index in [2.05, 4.69) is 26.0 Å². The summed E-state index contributed by atoms with van der Waals surface area (Å²) >= 11 is 3.55. The van der Waals surface area contributed by atoms with Crippen molar-refractivity contribution < 1.29 is 0 Å². The molecule has 1 aliphatic rings. The van der Waals surface area contributed by atoms with Crippen molar-refractivity contribution in [3.05, 3.63) is 29.1 Å². The van der Waals surface area contributed by atoms with E-state index in [9.17, 15) is 4.79 Å². The topological polar surface area (TPSA) is 52.2 Å². The van der Waals surface area contributed by atoms with Gasteiger partial charge in [0.05, 0.1) is 12.7 Å². The smallest absolute Gasteiger partial charge is 0.259 e. The molecular weight excluding hydrogens is 284 g/mol. The monoisotopic (exact) mass is 296 g/mol. The van der Waals surface area contributed by atoms with Gasteiger partial charge < -0.3 is 0 Å².